The van der Waals surface area contributed by atoms with Crippen LogP contribution in [0.15, 0.2) is 0 Å². The minimum atomic E-state index is -2.11. The number of isothiocyanates is 1. The molecule has 0 amide bonds. The van der Waals surface area contributed by atoms with Crippen LogP contribution in [0.2, 0.25) is 0 Å². The van der Waals surface area contributed by atoms with Gasteiger partial charge in [-0.2, -0.15) is 0 Å². The largest absolute Gasteiger partial charge is 0.394 e. The number of rotatable bonds is 6. The molecule has 4 atom stereocenters. The highest BCUT2D eigenvalue weighted by molar-refractivity contribution is 7.78. The molecule has 104 valence electrons. The second-order valence-corrected chi connectivity index (χ2v) is 3.40. The second-order valence-electron chi connectivity index (χ2n) is 3.20. The lowest BCUT2D eigenvalue weighted by atomic mass is 9.99. The van der Waals surface area contributed by atoms with Crippen molar-refractivity contribution in [2.24, 2.45) is 0 Å². The molecule has 0 rings (SSSR count). The maximum Gasteiger partial charge on any atom is 0.229 e. The van der Waals surface area contributed by atoms with Gasteiger partial charge in [0, 0.05) is 6.92 Å². The molecule has 0 saturated heterocycles. The Balaban J connectivity index is 0. The predicted octanol–water partition coefficient (Wildman–Crippen LogP) is -2.75. The summed E-state index contributed by atoms with van der Waals surface area (Å²) in [6, 6.07) is 0. The lowest BCUT2D eigenvalue weighted by Crippen LogP contribution is -2.49. The van der Waals surface area contributed by atoms with E-state index in [1.807, 2.05) is 0 Å². The molecule has 0 aliphatic carbocycles. The Morgan fingerprint density at radius 2 is 1.61 bits per heavy atom. The first-order chi connectivity index (χ1) is 8.24. The van der Waals surface area contributed by atoms with E-state index in [0.29, 0.717) is 0 Å². The van der Waals surface area contributed by atoms with E-state index in [1.54, 1.807) is 5.16 Å². The van der Waals surface area contributed by atoms with Crippen molar-refractivity contribution in [2.45, 2.75) is 31.3 Å². The molecule has 8 nitrogen and oxygen atoms in total. The summed E-state index contributed by atoms with van der Waals surface area (Å²) in [5, 5.41) is 52.0. The van der Waals surface area contributed by atoms with E-state index in [1.165, 1.54) is 0 Å². The third-order valence-corrected chi connectivity index (χ3v) is 1.87. The van der Waals surface area contributed by atoms with Crippen LogP contribution < -0.4 is 0 Å². The van der Waals surface area contributed by atoms with Gasteiger partial charge >= 0.3 is 0 Å². The van der Waals surface area contributed by atoms with E-state index < -0.39 is 42.6 Å². The van der Waals surface area contributed by atoms with E-state index >= 15 is 0 Å². The summed E-state index contributed by atoms with van der Waals surface area (Å²) < 4.78 is 0. The first-order valence-corrected chi connectivity index (χ1v) is 5.07. The van der Waals surface area contributed by atoms with Crippen LogP contribution >= 0.6 is 12.2 Å². The molecule has 0 aromatic heterocycles. The summed E-state index contributed by atoms with van der Waals surface area (Å²) in [5.74, 6) is -2.25. The molecule has 0 aliphatic heterocycles. The molecule has 6 N–H and O–H groups in total. The highest BCUT2D eigenvalue weighted by atomic mass is 32.1. The summed E-state index contributed by atoms with van der Waals surface area (Å²) in [6.45, 7) is 0.0480. The number of aliphatic hydroxyl groups is 5. The number of Topliss-reactive ketones (excluding diaryl/α,β-unsaturated/α-hetero) is 2. The number of carbonyl (C=O) groups excluding carboxylic acids is 2. The van der Waals surface area contributed by atoms with Crippen molar-refractivity contribution in [1.82, 2.24) is 0 Å². The topological polar surface area (TPSA) is 159 Å². The molecule has 0 heterocycles. The molecule has 0 spiro atoms. The molecule has 0 bridgehead atoms. The van der Waals surface area contributed by atoms with Crippen molar-refractivity contribution in [3.8, 4) is 0 Å². The van der Waals surface area contributed by atoms with Crippen LogP contribution in [0.25, 0.3) is 0 Å². The summed E-state index contributed by atoms with van der Waals surface area (Å²) in [6.07, 6.45) is -7.75. The van der Waals surface area contributed by atoms with Crippen LogP contribution in [-0.2, 0) is 9.59 Å². The van der Waals surface area contributed by atoms with Gasteiger partial charge in [-0.1, -0.05) is 0 Å². The molecule has 0 aromatic rings. The second kappa shape index (κ2) is 9.92. The zero-order valence-corrected chi connectivity index (χ0v) is 10.3. The fraction of sp³-hybridized carbons (Fsp3) is 0.667. The SMILES string of the molecule is CC(=O)C(=O)C(O)C(O)C(O)C(O)CO.N=C=S. The average Bonchev–Trinajstić information content (AvgIpc) is 2.34. The minimum Gasteiger partial charge on any atom is -0.394 e. The lowest BCUT2D eigenvalue weighted by molar-refractivity contribution is -0.153. The van der Waals surface area contributed by atoms with Crippen molar-refractivity contribution >= 4 is 28.9 Å². The fourth-order valence-corrected chi connectivity index (χ4v) is 0.886. The molecule has 4 unspecified atom stereocenters. The van der Waals surface area contributed by atoms with Gasteiger partial charge in [-0.05, 0) is 12.2 Å². The van der Waals surface area contributed by atoms with Gasteiger partial charge in [0.15, 0.2) is 5.78 Å². The summed E-state index contributed by atoms with van der Waals surface area (Å²) in [4.78, 5) is 21.4. The number of carbonyl (C=O) groups is 2. The van der Waals surface area contributed by atoms with Gasteiger partial charge in [0.25, 0.3) is 0 Å². The molecule has 0 aromatic carbocycles. The molecule has 0 radical (unpaired) electrons. The third kappa shape index (κ3) is 6.62. The minimum absolute atomic E-state index is 0.848. The van der Waals surface area contributed by atoms with Gasteiger partial charge in [0.05, 0.1) is 11.8 Å². The van der Waals surface area contributed by atoms with Gasteiger partial charge in [-0.3, -0.25) is 9.59 Å². The smallest absolute Gasteiger partial charge is 0.229 e. The van der Waals surface area contributed by atoms with Crippen molar-refractivity contribution in [2.75, 3.05) is 6.61 Å². The monoisotopic (exact) mass is 281 g/mol. The maximum absolute atomic E-state index is 10.9. The van der Waals surface area contributed by atoms with Crippen LogP contribution in [0.5, 0.6) is 0 Å². The molecule has 0 aliphatic rings. The molecule has 9 heteroatoms. The summed E-state index contributed by atoms with van der Waals surface area (Å²) in [5.41, 5.74) is 0. The quantitative estimate of drug-likeness (QED) is 0.173. The standard InChI is InChI=1S/C8H14O7.CHNS/c1-3(10)5(12)7(14)8(15)6(13)4(11)2-9;2-1-3/h4,6-9,11,13-15H,2H2,1H3;2H. The Kier molecular flexibility index (Phi) is 10.6. The number of thiocarbonyl (C=S) groups is 1. The molecule has 0 fully saturated rings. The molecular weight excluding hydrogens is 266 g/mol. The summed E-state index contributed by atoms with van der Waals surface area (Å²) >= 11 is 3.81. The van der Waals surface area contributed by atoms with E-state index in [2.05, 4.69) is 12.2 Å². The number of aliphatic hydroxyl groups excluding tert-OH is 5. The van der Waals surface area contributed by atoms with Crippen LogP contribution in [0.1, 0.15) is 6.92 Å². The number of hydrogen-bond acceptors (Lipinski definition) is 9. The van der Waals surface area contributed by atoms with Crippen LogP contribution in [0.4, 0.5) is 0 Å². The maximum atomic E-state index is 10.9. The molecule has 0 saturated carbocycles. The first-order valence-electron chi connectivity index (χ1n) is 4.66. The van der Waals surface area contributed by atoms with Crippen molar-refractivity contribution in [3.05, 3.63) is 0 Å². The summed E-state index contributed by atoms with van der Waals surface area (Å²) in [7, 11) is 0. The van der Waals surface area contributed by atoms with Crippen LogP contribution in [0.3, 0.4) is 0 Å². The Morgan fingerprint density at radius 1 is 1.22 bits per heavy atom. The van der Waals surface area contributed by atoms with Gasteiger partial charge in [0.2, 0.25) is 5.78 Å². The average molecular weight is 281 g/mol. The van der Waals surface area contributed by atoms with Crippen molar-refractivity contribution in [3.63, 3.8) is 0 Å². The van der Waals surface area contributed by atoms with E-state index in [0.717, 1.165) is 6.92 Å². The van der Waals surface area contributed by atoms with Gasteiger partial charge in [-0.15, -0.1) is 0 Å². The first kappa shape index (κ1) is 19.3. The zero-order chi connectivity index (χ0) is 14.9. The van der Waals surface area contributed by atoms with E-state index in [4.69, 9.17) is 30.9 Å². The Bertz CT molecular complexity index is 316. The normalized spacial score (nSPS) is 16.3. The van der Waals surface area contributed by atoms with E-state index in [-0.39, 0.29) is 0 Å². The fourth-order valence-electron chi connectivity index (χ4n) is 0.886. The van der Waals surface area contributed by atoms with Gasteiger partial charge in [-0.25, -0.2) is 5.41 Å². The van der Waals surface area contributed by atoms with Crippen molar-refractivity contribution < 1.29 is 35.1 Å². The Hall–Kier alpha value is -1.06. The number of hydrogen-bond donors (Lipinski definition) is 6. The number of ketones is 2. The highest BCUT2D eigenvalue weighted by Gasteiger charge is 2.35. The van der Waals surface area contributed by atoms with Gasteiger partial charge in [0.1, 0.15) is 24.4 Å². The Morgan fingerprint density at radius 3 is 1.89 bits per heavy atom. The zero-order valence-electron chi connectivity index (χ0n) is 9.48. The predicted molar refractivity (Wildman–Crippen MR) is 62.1 cm³/mol. The number of nitrogens with one attached hydrogen (secondary N) is 1. The van der Waals surface area contributed by atoms with E-state index in [9.17, 15) is 9.59 Å². The molecular formula is C9H15NO7S. The van der Waals surface area contributed by atoms with Crippen LogP contribution in [0, 0.1) is 5.41 Å². The van der Waals surface area contributed by atoms with Crippen LogP contribution in [-0.4, -0.2) is 73.3 Å². The Labute approximate surface area is 108 Å². The lowest BCUT2D eigenvalue weighted by Gasteiger charge is -2.24. The highest BCUT2D eigenvalue weighted by Crippen LogP contribution is 2.06. The third-order valence-electron chi connectivity index (χ3n) is 1.87. The van der Waals surface area contributed by atoms with Gasteiger partial charge < -0.3 is 25.5 Å². The molecule has 18 heavy (non-hydrogen) atoms. The van der Waals surface area contributed by atoms with Crippen molar-refractivity contribution in [1.29, 1.82) is 5.41 Å².